The van der Waals surface area contributed by atoms with Crippen molar-refractivity contribution in [3.05, 3.63) is 42.7 Å². The van der Waals surface area contributed by atoms with Crippen molar-refractivity contribution in [3.63, 3.8) is 0 Å². The molecule has 0 aliphatic carbocycles. The van der Waals surface area contributed by atoms with E-state index in [1.165, 1.54) is 6.26 Å². The number of aromatic hydroxyl groups is 1. The summed E-state index contributed by atoms with van der Waals surface area (Å²) in [6.45, 7) is 3.93. The van der Waals surface area contributed by atoms with Crippen molar-refractivity contribution >= 4 is 0 Å². The summed E-state index contributed by atoms with van der Waals surface area (Å²) >= 11 is 0. The maximum atomic E-state index is 8.92. The van der Waals surface area contributed by atoms with Gasteiger partial charge in [-0.1, -0.05) is 18.7 Å². The van der Waals surface area contributed by atoms with Crippen LogP contribution in [-0.4, -0.2) is 5.11 Å². The Kier molecular flexibility index (Phi) is 3.50. The van der Waals surface area contributed by atoms with E-state index in [1.54, 1.807) is 24.3 Å². The Labute approximate surface area is 65.7 Å². The summed E-state index contributed by atoms with van der Waals surface area (Å²) in [5.74, 6) is 0.271. The molecule has 0 aliphatic rings. The number of hydrogen-bond acceptors (Lipinski definition) is 2. The zero-order valence-corrected chi connectivity index (χ0v) is 13.3. The zero-order valence-electron chi connectivity index (χ0n) is 6.86. The second-order valence-corrected chi connectivity index (χ2v) is 2.14. The molecule has 1 aromatic carbocycles. The summed E-state index contributed by atoms with van der Waals surface area (Å²) in [6.07, 6.45) is 1.40. The summed E-state index contributed by atoms with van der Waals surface area (Å²) in [5, 5.41) is 8.92. The quantitative estimate of drug-likeness (QED) is 0.764. The minimum absolute atomic E-state index is 0. The average Bonchev–Trinajstić information content (AvgIpc) is 2.04. The van der Waals surface area contributed by atoms with Gasteiger partial charge in [-0.3, -0.25) is 0 Å². The van der Waals surface area contributed by atoms with Gasteiger partial charge >= 0.3 is 0 Å². The topological polar surface area (TPSA) is 29.5 Å². The molecule has 12 heavy (non-hydrogen) atoms. The SMILES string of the molecule is C=COCc1ccc(O)cc1.[Rf]. The van der Waals surface area contributed by atoms with Gasteiger partial charge in [0.05, 0.1) is 6.26 Å². The second-order valence-electron chi connectivity index (χ2n) is 2.14. The van der Waals surface area contributed by atoms with Crippen molar-refractivity contribution in [3.8, 4) is 5.75 Å². The summed E-state index contributed by atoms with van der Waals surface area (Å²) in [5.41, 5.74) is 1.02. The van der Waals surface area contributed by atoms with E-state index >= 15 is 0 Å². The zero-order chi connectivity index (χ0) is 8.10. The first-order chi connectivity index (χ1) is 5.33. The Morgan fingerprint density at radius 3 is 2.42 bits per heavy atom. The Morgan fingerprint density at radius 1 is 1.33 bits per heavy atom. The summed E-state index contributed by atoms with van der Waals surface area (Å²) in [7, 11) is 0. The largest absolute Gasteiger partial charge is 0.508 e. The Hall–Kier alpha value is -2.44. The van der Waals surface area contributed by atoms with Crippen molar-refractivity contribution in [2.24, 2.45) is 0 Å². The molecule has 0 saturated carbocycles. The van der Waals surface area contributed by atoms with Crippen molar-refractivity contribution in [1.82, 2.24) is 0 Å². The molecular formula is C9H10O2Rf. The van der Waals surface area contributed by atoms with E-state index in [-0.39, 0.29) is 5.75 Å². The monoisotopic (exact) mass is 417 g/mol. The van der Waals surface area contributed by atoms with Gasteiger partial charge < -0.3 is 9.84 Å². The van der Waals surface area contributed by atoms with Crippen LogP contribution in [0.15, 0.2) is 37.1 Å². The van der Waals surface area contributed by atoms with E-state index in [0.29, 0.717) is 6.61 Å². The molecule has 0 amide bonds. The molecule has 60 valence electrons. The molecule has 0 heterocycles. The molecule has 2 nitrogen and oxygen atoms in total. The third-order valence-corrected chi connectivity index (χ3v) is 1.30. The Morgan fingerprint density at radius 2 is 1.92 bits per heavy atom. The van der Waals surface area contributed by atoms with Crippen LogP contribution in [0.25, 0.3) is 0 Å². The molecule has 0 atom stereocenters. The normalized spacial score (nSPS) is 8.33. The average molecular weight is 417 g/mol. The van der Waals surface area contributed by atoms with Crippen molar-refractivity contribution in [1.29, 1.82) is 0 Å². The third kappa shape index (κ3) is 2.43. The Balaban J connectivity index is 0.00000121. The van der Waals surface area contributed by atoms with Crippen LogP contribution in [0.1, 0.15) is 5.56 Å². The number of rotatable bonds is 3. The first-order valence-corrected chi connectivity index (χ1v) is 3.33. The van der Waals surface area contributed by atoms with Gasteiger partial charge in [-0.2, -0.15) is 0 Å². The van der Waals surface area contributed by atoms with Crippen molar-refractivity contribution in [2.75, 3.05) is 0 Å². The molecule has 0 spiro atoms. The van der Waals surface area contributed by atoms with Crippen molar-refractivity contribution < 1.29 is 9.84 Å². The van der Waals surface area contributed by atoms with Gasteiger partial charge in [-0.05, 0) is 17.7 Å². The summed E-state index contributed by atoms with van der Waals surface area (Å²) in [4.78, 5) is 0. The van der Waals surface area contributed by atoms with Crippen LogP contribution in [0.5, 0.6) is 5.75 Å². The van der Waals surface area contributed by atoms with Crippen LogP contribution in [-0.2, 0) is 11.3 Å². The molecule has 0 fully saturated rings. The number of benzene rings is 1. The fourth-order valence-corrected chi connectivity index (χ4v) is 0.747. The van der Waals surface area contributed by atoms with Gasteiger partial charge in [0.15, 0.2) is 0 Å². The fraction of sp³-hybridized carbons (Fsp3) is 0.111. The molecule has 0 aromatic heterocycles. The van der Waals surface area contributed by atoms with Crippen LogP contribution in [0.2, 0.25) is 0 Å². The van der Waals surface area contributed by atoms with E-state index in [1.807, 2.05) is 0 Å². The Bertz CT molecular complexity index is 231. The first kappa shape index (κ1) is 9.56. The maximum Gasteiger partial charge on any atom is 0.115 e. The molecule has 0 aliphatic heterocycles. The third-order valence-electron chi connectivity index (χ3n) is 1.30. The predicted molar refractivity (Wildman–Crippen MR) is 43.1 cm³/mol. The number of phenolic OH excluding ortho intramolecular Hbond substituents is 1. The molecular weight excluding hydrogens is 407 g/mol. The van der Waals surface area contributed by atoms with Gasteiger partial charge in [0.25, 0.3) is 0 Å². The molecule has 0 unspecified atom stereocenters. The standard InChI is InChI=1S/C9H10O2.Rf/c1-2-11-7-8-3-5-9(10)6-4-8;/h2-6,10H,1,7H2;. The van der Waals surface area contributed by atoms with E-state index in [4.69, 9.17) is 9.84 Å². The smallest absolute Gasteiger partial charge is 0.115 e. The molecule has 0 saturated heterocycles. The summed E-state index contributed by atoms with van der Waals surface area (Å²) < 4.78 is 4.94. The second kappa shape index (κ2) is 4.39. The minimum atomic E-state index is 0. The predicted octanol–water partition coefficient (Wildman–Crippen LogP) is 2.05. The van der Waals surface area contributed by atoms with Gasteiger partial charge in [0.2, 0.25) is 0 Å². The number of ether oxygens (including phenoxy) is 1. The number of hydrogen-bond donors (Lipinski definition) is 1. The minimum Gasteiger partial charge on any atom is -0.508 e. The van der Waals surface area contributed by atoms with E-state index in [0.717, 1.165) is 5.56 Å². The summed E-state index contributed by atoms with van der Waals surface area (Å²) in [6, 6.07) is 6.86. The molecule has 1 rings (SSSR count). The van der Waals surface area contributed by atoms with E-state index in [2.05, 4.69) is 6.58 Å². The van der Waals surface area contributed by atoms with Crippen LogP contribution >= 0.6 is 0 Å². The van der Waals surface area contributed by atoms with Crippen LogP contribution in [0, 0.1) is 0 Å². The van der Waals surface area contributed by atoms with E-state index < -0.39 is 0 Å². The van der Waals surface area contributed by atoms with Gasteiger partial charge in [0.1, 0.15) is 12.4 Å². The molecule has 1 aromatic rings. The van der Waals surface area contributed by atoms with Gasteiger partial charge in [-0.15, -0.1) is 0 Å². The molecule has 3 heteroatoms. The van der Waals surface area contributed by atoms with Gasteiger partial charge in [-0.25, -0.2) is 0 Å². The molecule has 1 N–H and O–H groups in total. The molecule has 0 radical (unpaired) electrons. The van der Waals surface area contributed by atoms with E-state index in [9.17, 15) is 0 Å². The van der Waals surface area contributed by atoms with Gasteiger partial charge in [0, 0.05) is 0 Å². The van der Waals surface area contributed by atoms with Crippen LogP contribution in [0.3, 0.4) is 0 Å². The van der Waals surface area contributed by atoms with Crippen molar-refractivity contribution in [2.45, 2.75) is 6.61 Å². The van der Waals surface area contributed by atoms with Crippen LogP contribution in [0.4, 0.5) is 0 Å². The van der Waals surface area contributed by atoms with Crippen LogP contribution < -0.4 is 0 Å². The maximum absolute atomic E-state index is 8.92. The number of phenols is 1. The first-order valence-electron chi connectivity index (χ1n) is 3.33. The molecule has 0 bridgehead atoms. The fourth-order valence-electron chi connectivity index (χ4n) is 0.747.